The van der Waals surface area contributed by atoms with Gasteiger partial charge in [0.25, 0.3) is 0 Å². The van der Waals surface area contributed by atoms with Gasteiger partial charge in [0, 0.05) is 25.0 Å². The van der Waals surface area contributed by atoms with Crippen molar-refractivity contribution < 1.29 is 9.59 Å². The molecule has 1 N–H and O–H groups in total. The monoisotopic (exact) mass is 261 g/mol. The van der Waals surface area contributed by atoms with Crippen molar-refractivity contribution in [1.82, 2.24) is 15.1 Å². The molecule has 0 aromatic carbocycles. The summed E-state index contributed by atoms with van der Waals surface area (Å²) in [4.78, 5) is 22.8. The number of nitrogens with one attached hydrogen (secondary N) is 1. The van der Waals surface area contributed by atoms with Crippen molar-refractivity contribution in [1.29, 1.82) is 0 Å². The highest BCUT2D eigenvalue weighted by atomic mass is 16.2. The van der Waals surface area contributed by atoms with Crippen molar-refractivity contribution in [3.63, 3.8) is 0 Å². The van der Waals surface area contributed by atoms with E-state index in [1.54, 1.807) is 0 Å². The minimum Gasteiger partial charge on any atom is -0.296 e. The molecular formula is C14H19N3O2. The predicted molar refractivity (Wildman–Crippen MR) is 69.3 cm³/mol. The molecule has 1 aromatic heterocycles. The lowest BCUT2D eigenvalue weighted by Gasteiger charge is -2.19. The molecule has 0 spiro atoms. The van der Waals surface area contributed by atoms with Crippen molar-refractivity contribution in [3.8, 4) is 0 Å². The Labute approximate surface area is 112 Å². The molecule has 1 aliphatic heterocycles. The van der Waals surface area contributed by atoms with Crippen LogP contribution in [0.25, 0.3) is 0 Å². The smallest absolute Gasteiger partial charge is 0.230 e. The molecule has 1 unspecified atom stereocenters. The Bertz CT molecular complexity index is 489. The maximum Gasteiger partial charge on any atom is 0.230 e. The SMILES string of the molecule is O=C1CCC(Cc2ccn(C3CCCC3)n2)C(=O)N1. The van der Waals surface area contributed by atoms with Crippen molar-refractivity contribution in [2.24, 2.45) is 5.92 Å². The van der Waals surface area contributed by atoms with E-state index in [9.17, 15) is 9.59 Å². The molecule has 1 saturated heterocycles. The normalized spacial score (nSPS) is 24.7. The first-order chi connectivity index (χ1) is 9.22. The molecular weight excluding hydrogens is 242 g/mol. The van der Waals surface area contributed by atoms with Gasteiger partial charge in [-0.15, -0.1) is 0 Å². The zero-order chi connectivity index (χ0) is 13.2. The van der Waals surface area contributed by atoms with Crippen LogP contribution < -0.4 is 5.32 Å². The summed E-state index contributed by atoms with van der Waals surface area (Å²) in [6.07, 6.45) is 8.73. The zero-order valence-electron chi connectivity index (χ0n) is 11.0. The molecule has 2 aliphatic rings. The van der Waals surface area contributed by atoms with Gasteiger partial charge in [-0.25, -0.2) is 0 Å². The van der Waals surface area contributed by atoms with Crippen LogP contribution in [-0.2, 0) is 16.0 Å². The van der Waals surface area contributed by atoms with Gasteiger partial charge in [0.05, 0.1) is 11.7 Å². The molecule has 5 heteroatoms. The van der Waals surface area contributed by atoms with Gasteiger partial charge < -0.3 is 0 Å². The highest BCUT2D eigenvalue weighted by molar-refractivity contribution is 5.98. The highest BCUT2D eigenvalue weighted by Gasteiger charge is 2.27. The zero-order valence-corrected chi connectivity index (χ0v) is 11.0. The number of rotatable bonds is 3. The van der Waals surface area contributed by atoms with Gasteiger partial charge in [0.1, 0.15) is 0 Å². The number of hydrogen-bond acceptors (Lipinski definition) is 3. The highest BCUT2D eigenvalue weighted by Crippen LogP contribution is 2.29. The summed E-state index contributed by atoms with van der Waals surface area (Å²) in [5.74, 6) is -0.408. The third-order valence-corrected chi connectivity index (χ3v) is 4.17. The number of carbonyl (C=O) groups is 2. The topological polar surface area (TPSA) is 64.0 Å². The fraction of sp³-hybridized carbons (Fsp3) is 0.643. The number of piperidine rings is 1. The first kappa shape index (κ1) is 12.4. The standard InChI is InChI=1S/C14H19N3O2/c18-13-6-5-10(14(19)15-13)9-11-7-8-17(16-11)12-3-1-2-4-12/h7-8,10,12H,1-6,9H2,(H,15,18,19). The molecule has 1 atom stereocenters. The van der Waals surface area contributed by atoms with Gasteiger partial charge >= 0.3 is 0 Å². The number of aromatic nitrogens is 2. The molecule has 2 fully saturated rings. The number of nitrogens with zero attached hydrogens (tertiary/aromatic N) is 2. The summed E-state index contributed by atoms with van der Waals surface area (Å²) in [7, 11) is 0. The number of carbonyl (C=O) groups excluding carboxylic acids is 2. The van der Waals surface area contributed by atoms with Gasteiger partial charge in [-0.3, -0.25) is 19.6 Å². The Morgan fingerprint density at radius 2 is 2.05 bits per heavy atom. The van der Waals surface area contributed by atoms with Crippen molar-refractivity contribution in [2.45, 2.75) is 51.0 Å². The lowest BCUT2D eigenvalue weighted by molar-refractivity contribution is -0.136. The third-order valence-electron chi connectivity index (χ3n) is 4.17. The van der Waals surface area contributed by atoms with Gasteiger partial charge in [0.2, 0.25) is 11.8 Å². The van der Waals surface area contributed by atoms with E-state index in [4.69, 9.17) is 0 Å². The van der Waals surface area contributed by atoms with E-state index in [1.165, 1.54) is 25.7 Å². The molecule has 0 radical (unpaired) electrons. The Kier molecular flexibility index (Phi) is 3.36. The first-order valence-corrected chi connectivity index (χ1v) is 7.10. The average molecular weight is 261 g/mol. The number of hydrogen-bond donors (Lipinski definition) is 1. The van der Waals surface area contributed by atoms with Gasteiger partial charge in [-0.1, -0.05) is 12.8 Å². The van der Waals surface area contributed by atoms with Crippen molar-refractivity contribution >= 4 is 11.8 Å². The van der Waals surface area contributed by atoms with Crippen LogP contribution in [0.15, 0.2) is 12.3 Å². The molecule has 19 heavy (non-hydrogen) atoms. The van der Waals surface area contributed by atoms with E-state index in [0.29, 0.717) is 25.3 Å². The quantitative estimate of drug-likeness (QED) is 0.840. The van der Waals surface area contributed by atoms with Crippen LogP contribution in [0.3, 0.4) is 0 Å². The molecule has 1 saturated carbocycles. The van der Waals surface area contributed by atoms with Gasteiger partial charge in [-0.2, -0.15) is 5.10 Å². The summed E-state index contributed by atoms with van der Waals surface area (Å²) >= 11 is 0. The maximum atomic E-state index is 11.7. The van der Waals surface area contributed by atoms with Crippen molar-refractivity contribution in [3.05, 3.63) is 18.0 Å². The minimum absolute atomic E-state index is 0.107. The predicted octanol–water partition coefficient (Wildman–Crippen LogP) is 1.59. The lowest BCUT2D eigenvalue weighted by Crippen LogP contribution is -2.41. The number of imide groups is 1. The van der Waals surface area contributed by atoms with Crippen LogP contribution in [0, 0.1) is 5.92 Å². The minimum atomic E-state index is -0.155. The van der Waals surface area contributed by atoms with E-state index < -0.39 is 0 Å². The molecule has 0 bridgehead atoms. The van der Waals surface area contributed by atoms with Crippen LogP contribution >= 0.6 is 0 Å². The van der Waals surface area contributed by atoms with Gasteiger partial charge in [-0.05, 0) is 25.3 Å². The Balaban J connectivity index is 1.63. The van der Waals surface area contributed by atoms with Crippen LogP contribution in [-0.4, -0.2) is 21.6 Å². The Morgan fingerprint density at radius 1 is 1.26 bits per heavy atom. The average Bonchev–Trinajstić information content (AvgIpc) is 3.03. The molecule has 1 aliphatic carbocycles. The van der Waals surface area contributed by atoms with Crippen LogP contribution in [0.5, 0.6) is 0 Å². The molecule has 2 amide bonds. The van der Waals surface area contributed by atoms with E-state index in [0.717, 1.165) is 5.69 Å². The Hall–Kier alpha value is -1.65. The summed E-state index contributed by atoms with van der Waals surface area (Å²) in [5.41, 5.74) is 0.960. The van der Waals surface area contributed by atoms with E-state index in [2.05, 4.69) is 10.4 Å². The van der Waals surface area contributed by atoms with E-state index in [-0.39, 0.29) is 17.7 Å². The van der Waals surface area contributed by atoms with E-state index in [1.807, 2.05) is 16.9 Å². The van der Waals surface area contributed by atoms with E-state index >= 15 is 0 Å². The third kappa shape index (κ3) is 2.69. The molecule has 2 heterocycles. The summed E-state index contributed by atoms with van der Waals surface area (Å²) in [6.45, 7) is 0. The Morgan fingerprint density at radius 3 is 2.79 bits per heavy atom. The molecule has 5 nitrogen and oxygen atoms in total. The maximum absolute atomic E-state index is 11.7. The summed E-state index contributed by atoms with van der Waals surface area (Å²) in [6, 6.07) is 2.54. The van der Waals surface area contributed by atoms with Gasteiger partial charge in [0.15, 0.2) is 0 Å². The van der Waals surface area contributed by atoms with Crippen LogP contribution in [0.2, 0.25) is 0 Å². The molecule has 3 rings (SSSR count). The second-order valence-electron chi connectivity index (χ2n) is 5.58. The van der Waals surface area contributed by atoms with Crippen molar-refractivity contribution in [2.75, 3.05) is 0 Å². The largest absolute Gasteiger partial charge is 0.296 e. The number of amides is 2. The fourth-order valence-electron chi connectivity index (χ4n) is 3.04. The first-order valence-electron chi connectivity index (χ1n) is 7.10. The molecule has 1 aromatic rings. The fourth-order valence-corrected chi connectivity index (χ4v) is 3.04. The van der Waals surface area contributed by atoms with Crippen LogP contribution in [0.1, 0.15) is 50.3 Å². The molecule has 102 valence electrons. The van der Waals surface area contributed by atoms with Crippen LogP contribution in [0.4, 0.5) is 0 Å². The summed E-state index contributed by atoms with van der Waals surface area (Å²) in [5, 5.41) is 6.99. The summed E-state index contributed by atoms with van der Waals surface area (Å²) < 4.78 is 2.05. The second-order valence-corrected chi connectivity index (χ2v) is 5.58. The second kappa shape index (κ2) is 5.15. The lowest BCUT2D eigenvalue weighted by atomic mass is 9.93.